The number of nitrogens with one attached hydrogen (secondary N) is 2. The smallest absolute Gasteiger partial charge is 0.243 e. The molecule has 0 aliphatic heterocycles. The van der Waals surface area contributed by atoms with Crippen LogP contribution >= 0.6 is 11.3 Å². The van der Waals surface area contributed by atoms with E-state index in [0.29, 0.717) is 5.13 Å². The molecule has 1 rings (SSSR count). The van der Waals surface area contributed by atoms with Crippen molar-refractivity contribution < 1.29 is 4.79 Å². The molecule has 0 fully saturated rings. The molecular weight excluding hydrogens is 176 g/mol. The monoisotopic (exact) mass is 186 g/mol. The van der Waals surface area contributed by atoms with E-state index >= 15 is 0 Å². The van der Waals surface area contributed by atoms with Gasteiger partial charge in [0.1, 0.15) is 5.51 Å². The average Bonchev–Trinajstić information content (AvgIpc) is 2.55. The topological polar surface area (TPSA) is 66.9 Å². The zero-order valence-corrected chi connectivity index (χ0v) is 7.68. The van der Waals surface area contributed by atoms with Gasteiger partial charge in [0.05, 0.1) is 6.04 Å². The van der Waals surface area contributed by atoms with Crippen molar-refractivity contribution in [3.05, 3.63) is 5.51 Å². The maximum Gasteiger partial charge on any atom is 0.243 e. The molecule has 0 aromatic carbocycles. The first-order chi connectivity index (χ1) is 5.74. The van der Waals surface area contributed by atoms with Crippen LogP contribution in [0.5, 0.6) is 0 Å². The van der Waals surface area contributed by atoms with Gasteiger partial charge in [0.15, 0.2) is 0 Å². The van der Waals surface area contributed by atoms with Crippen LogP contribution in [0.3, 0.4) is 0 Å². The zero-order chi connectivity index (χ0) is 8.97. The molecule has 6 heteroatoms. The van der Waals surface area contributed by atoms with E-state index in [4.69, 9.17) is 0 Å². The van der Waals surface area contributed by atoms with Crippen LogP contribution in [-0.2, 0) is 4.79 Å². The minimum Gasteiger partial charge on any atom is -0.309 e. The fourth-order valence-electron chi connectivity index (χ4n) is 0.572. The van der Waals surface area contributed by atoms with Gasteiger partial charge in [0.2, 0.25) is 11.0 Å². The second kappa shape index (κ2) is 4.13. The van der Waals surface area contributed by atoms with Crippen molar-refractivity contribution in [3.8, 4) is 0 Å². The molecule has 0 radical (unpaired) electrons. The molecule has 1 unspecified atom stereocenters. The first kappa shape index (κ1) is 9.08. The molecule has 12 heavy (non-hydrogen) atoms. The molecule has 0 aliphatic carbocycles. The highest BCUT2D eigenvalue weighted by atomic mass is 32.1. The van der Waals surface area contributed by atoms with E-state index in [1.807, 2.05) is 0 Å². The Morgan fingerprint density at radius 2 is 2.50 bits per heavy atom. The van der Waals surface area contributed by atoms with Crippen molar-refractivity contribution in [2.24, 2.45) is 0 Å². The minimum absolute atomic E-state index is 0.103. The van der Waals surface area contributed by atoms with Crippen LogP contribution in [-0.4, -0.2) is 29.2 Å². The highest BCUT2D eigenvalue weighted by Gasteiger charge is 2.10. The molecule has 0 bridgehead atoms. The molecule has 0 saturated heterocycles. The normalized spacial score (nSPS) is 12.5. The van der Waals surface area contributed by atoms with E-state index in [0.717, 1.165) is 0 Å². The van der Waals surface area contributed by atoms with Gasteiger partial charge in [-0.2, -0.15) is 0 Å². The van der Waals surface area contributed by atoms with E-state index in [1.165, 1.54) is 11.3 Å². The standard InChI is InChI=1S/C6H10N4OS/c1-4(7-2)5(11)9-6-10-8-3-12-6/h3-4,7H,1-2H3,(H,9,10,11). The molecular formula is C6H10N4OS. The van der Waals surface area contributed by atoms with Crippen molar-refractivity contribution in [2.45, 2.75) is 13.0 Å². The summed E-state index contributed by atoms with van der Waals surface area (Å²) in [5.74, 6) is -0.103. The molecule has 1 aromatic rings. The van der Waals surface area contributed by atoms with Crippen LogP contribution in [0.1, 0.15) is 6.92 Å². The number of amides is 1. The lowest BCUT2D eigenvalue weighted by Gasteiger charge is -2.07. The summed E-state index contributed by atoms with van der Waals surface area (Å²) in [5, 5.41) is 13.2. The first-order valence-corrected chi connectivity index (χ1v) is 4.36. The SMILES string of the molecule is CNC(C)C(=O)Nc1nncs1. The first-order valence-electron chi connectivity index (χ1n) is 3.48. The third kappa shape index (κ3) is 2.24. The largest absolute Gasteiger partial charge is 0.309 e. The summed E-state index contributed by atoms with van der Waals surface area (Å²) in [6.07, 6.45) is 0. The Morgan fingerprint density at radius 1 is 1.75 bits per heavy atom. The second-order valence-electron chi connectivity index (χ2n) is 2.24. The molecule has 1 aromatic heterocycles. The number of aromatic nitrogens is 2. The Morgan fingerprint density at radius 3 is 3.00 bits per heavy atom. The fraction of sp³-hybridized carbons (Fsp3) is 0.500. The van der Waals surface area contributed by atoms with Crippen LogP contribution in [0.25, 0.3) is 0 Å². The zero-order valence-electron chi connectivity index (χ0n) is 6.87. The maximum atomic E-state index is 11.2. The summed E-state index contributed by atoms with van der Waals surface area (Å²) in [7, 11) is 1.73. The highest BCUT2D eigenvalue weighted by molar-refractivity contribution is 7.13. The average molecular weight is 186 g/mol. The fourth-order valence-corrected chi connectivity index (χ4v) is 1.02. The summed E-state index contributed by atoms with van der Waals surface area (Å²) < 4.78 is 0. The van der Waals surface area contributed by atoms with E-state index in [2.05, 4.69) is 20.8 Å². The molecule has 0 saturated carbocycles. The molecule has 1 amide bonds. The lowest BCUT2D eigenvalue weighted by molar-refractivity contribution is -0.117. The van der Waals surface area contributed by atoms with Crippen molar-refractivity contribution in [1.82, 2.24) is 15.5 Å². The number of likely N-dealkylation sites (N-methyl/N-ethyl adjacent to an activating group) is 1. The van der Waals surface area contributed by atoms with Crippen molar-refractivity contribution >= 4 is 22.4 Å². The van der Waals surface area contributed by atoms with Crippen LogP contribution in [0, 0.1) is 0 Å². The van der Waals surface area contributed by atoms with Gasteiger partial charge in [0.25, 0.3) is 0 Å². The van der Waals surface area contributed by atoms with Crippen molar-refractivity contribution in [1.29, 1.82) is 0 Å². The van der Waals surface area contributed by atoms with Gasteiger partial charge >= 0.3 is 0 Å². The van der Waals surface area contributed by atoms with Crippen molar-refractivity contribution in [3.63, 3.8) is 0 Å². The summed E-state index contributed by atoms with van der Waals surface area (Å²) in [6.45, 7) is 1.77. The number of rotatable bonds is 3. The van der Waals surface area contributed by atoms with Crippen LogP contribution in [0.2, 0.25) is 0 Å². The Labute approximate surface area is 74.2 Å². The third-order valence-electron chi connectivity index (χ3n) is 1.42. The number of carbonyl (C=O) groups excluding carboxylic acids is 1. The number of hydrogen-bond acceptors (Lipinski definition) is 5. The van der Waals surface area contributed by atoms with Gasteiger partial charge in [0, 0.05) is 0 Å². The Bertz CT molecular complexity index is 248. The van der Waals surface area contributed by atoms with Gasteiger partial charge < -0.3 is 5.32 Å². The molecule has 5 nitrogen and oxygen atoms in total. The molecule has 1 atom stereocenters. The second-order valence-corrected chi connectivity index (χ2v) is 3.08. The van der Waals surface area contributed by atoms with E-state index < -0.39 is 0 Å². The van der Waals surface area contributed by atoms with Gasteiger partial charge in [-0.1, -0.05) is 11.3 Å². The summed E-state index contributed by atoms with van der Waals surface area (Å²) in [6, 6.07) is -0.214. The molecule has 1 heterocycles. The van der Waals surface area contributed by atoms with Gasteiger partial charge in [-0.3, -0.25) is 10.1 Å². The number of carbonyl (C=O) groups is 1. The molecule has 2 N–H and O–H groups in total. The third-order valence-corrected chi connectivity index (χ3v) is 2.02. The van der Waals surface area contributed by atoms with E-state index in [1.54, 1.807) is 19.5 Å². The Balaban J connectivity index is 2.47. The Hall–Kier alpha value is -1.01. The summed E-state index contributed by atoms with van der Waals surface area (Å²) >= 11 is 1.30. The highest BCUT2D eigenvalue weighted by Crippen LogP contribution is 2.07. The lowest BCUT2D eigenvalue weighted by atomic mass is 10.3. The van der Waals surface area contributed by atoms with Crippen LogP contribution in [0.4, 0.5) is 5.13 Å². The maximum absolute atomic E-state index is 11.2. The van der Waals surface area contributed by atoms with Crippen LogP contribution < -0.4 is 10.6 Å². The van der Waals surface area contributed by atoms with Gasteiger partial charge in [-0.15, -0.1) is 10.2 Å². The quantitative estimate of drug-likeness (QED) is 0.701. The molecule has 0 spiro atoms. The predicted molar refractivity (Wildman–Crippen MR) is 47.1 cm³/mol. The van der Waals surface area contributed by atoms with E-state index in [9.17, 15) is 4.79 Å². The number of anilines is 1. The summed E-state index contributed by atoms with van der Waals surface area (Å²) in [5.41, 5.74) is 1.57. The van der Waals surface area contributed by atoms with Gasteiger partial charge in [-0.05, 0) is 14.0 Å². The Kier molecular flexibility index (Phi) is 3.12. The number of hydrogen-bond donors (Lipinski definition) is 2. The van der Waals surface area contributed by atoms with Crippen LogP contribution in [0.15, 0.2) is 5.51 Å². The lowest BCUT2D eigenvalue weighted by Crippen LogP contribution is -2.35. The van der Waals surface area contributed by atoms with Gasteiger partial charge in [-0.25, -0.2) is 0 Å². The summed E-state index contributed by atoms with van der Waals surface area (Å²) in [4.78, 5) is 11.2. The van der Waals surface area contributed by atoms with E-state index in [-0.39, 0.29) is 11.9 Å². The number of nitrogens with zero attached hydrogens (tertiary/aromatic N) is 2. The minimum atomic E-state index is -0.214. The molecule has 0 aliphatic rings. The molecule has 66 valence electrons. The predicted octanol–water partition coefficient (Wildman–Crippen LogP) is 0.0845. The van der Waals surface area contributed by atoms with Crippen molar-refractivity contribution in [2.75, 3.05) is 12.4 Å².